The summed E-state index contributed by atoms with van der Waals surface area (Å²) in [6.45, 7) is 3.67. The number of nitrogens with one attached hydrogen (secondary N) is 1. The summed E-state index contributed by atoms with van der Waals surface area (Å²) in [7, 11) is 0. The van der Waals surface area contributed by atoms with Crippen LogP contribution in [0.2, 0.25) is 0 Å². The monoisotopic (exact) mass is 464 g/mol. The Bertz CT molecular complexity index is 1560. The first kappa shape index (κ1) is 21.8. The number of nitrogens with zero attached hydrogens (tertiary/aromatic N) is 7. The van der Waals surface area contributed by atoms with Gasteiger partial charge in [0.05, 0.1) is 5.56 Å². The van der Waals surface area contributed by atoms with Crippen LogP contribution in [0.3, 0.4) is 0 Å². The van der Waals surface area contributed by atoms with E-state index in [1.54, 1.807) is 55.7 Å². The van der Waals surface area contributed by atoms with Gasteiger partial charge in [0.15, 0.2) is 11.6 Å². The van der Waals surface area contributed by atoms with Crippen molar-refractivity contribution in [3.8, 4) is 11.7 Å². The summed E-state index contributed by atoms with van der Waals surface area (Å²) in [4.78, 5) is 25.8. The number of aryl methyl sites for hydroxylation is 2. The van der Waals surface area contributed by atoms with E-state index in [0.717, 1.165) is 10.9 Å². The number of benzene rings is 3. The smallest absolute Gasteiger partial charge is 0.275 e. The van der Waals surface area contributed by atoms with Gasteiger partial charge in [-0.1, -0.05) is 42.0 Å². The quantitative estimate of drug-likeness (QED) is 0.344. The van der Waals surface area contributed by atoms with E-state index < -0.39 is 5.91 Å². The van der Waals surface area contributed by atoms with E-state index in [4.69, 9.17) is 0 Å². The van der Waals surface area contributed by atoms with Gasteiger partial charge < -0.3 is 10.4 Å². The molecule has 2 aromatic heterocycles. The van der Waals surface area contributed by atoms with Crippen molar-refractivity contribution in [1.29, 1.82) is 0 Å². The summed E-state index contributed by atoms with van der Waals surface area (Å²) in [5.41, 5.74) is 1.89. The predicted molar refractivity (Wildman–Crippen MR) is 131 cm³/mol. The normalized spacial score (nSPS) is 11.3. The average Bonchev–Trinajstić information content (AvgIpc) is 3.25. The highest BCUT2D eigenvalue weighted by molar-refractivity contribution is 6.16. The lowest BCUT2D eigenvalue weighted by atomic mass is 10.0. The zero-order valence-corrected chi connectivity index (χ0v) is 18.9. The van der Waals surface area contributed by atoms with Crippen LogP contribution in [0.1, 0.15) is 21.7 Å². The number of amides is 1. The number of carbonyl (C=O) groups excluding carboxylic acids is 1. The Balaban J connectivity index is 1.56. The minimum atomic E-state index is -0.462. The van der Waals surface area contributed by atoms with Gasteiger partial charge in [-0.25, -0.2) is 9.97 Å². The molecule has 35 heavy (non-hydrogen) atoms. The molecule has 3 aromatic carbocycles. The van der Waals surface area contributed by atoms with Gasteiger partial charge in [-0.05, 0) is 48.9 Å². The largest absolute Gasteiger partial charge is 0.505 e. The molecule has 0 bridgehead atoms. The first-order valence-electron chi connectivity index (χ1n) is 10.7. The SMILES string of the molecule is Cc1ccc(NC(=O)c2c(O)c(N=Nc3nc(C)nn3-c3ncccn3)cc3ccccc23)cc1. The Labute approximate surface area is 200 Å². The van der Waals surface area contributed by atoms with Crippen LogP contribution in [0.5, 0.6) is 5.75 Å². The number of phenolic OH excluding ortho intramolecular Hbond substituents is 1. The second-order valence-corrected chi connectivity index (χ2v) is 7.78. The third-order valence-electron chi connectivity index (χ3n) is 5.22. The third-order valence-corrected chi connectivity index (χ3v) is 5.22. The minimum absolute atomic E-state index is 0.0988. The van der Waals surface area contributed by atoms with Crippen molar-refractivity contribution < 1.29 is 9.90 Å². The highest BCUT2D eigenvalue weighted by Crippen LogP contribution is 2.38. The molecule has 0 fully saturated rings. The van der Waals surface area contributed by atoms with Crippen molar-refractivity contribution in [2.45, 2.75) is 13.8 Å². The van der Waals surface area contributed by atoms with Crippen LogP contribution in [0.4, 0.5) is 17.3 Å². The number of phenols is 1. The maximum absolute atomic E-state index is 13.2. The van der Waals surface area contributed by atoms with E-state index in [2.05, 4.69) is 35.6 Å². The summed E-state index contributed by atoms with van der Waals surface area (Å²) >= 11 is 0. The van der Waals surface area contributed by atoms with Crippen molar-refractivity contribution in [1.82, 2.24) is 24.7 Å². The Morgan fingerprint density at radius 2 is 1.71 bits per heavy atom. The summed E-state index contributed by atoms with van der Waals surface area (Å²) in [5.74, 6) is 0.106. The zero-order valence-electron chi connectivity index (χ0n) is 18.9. The highest BCUT2D eigenvalue weighted by Gasteiger charge is 2.20. The predicted octanol–water partition coefficient (Wildman–Crippen LogP) is 5.20. The molecule has 5 rings (SSSR count). The van der Waals surface area contributed by atoms with E-state index in [0.29, 0.717) is 16.9 Å². The number of carbonyl (C=O) groups is 1. The molecular weight excluding hydrogens is 444 g/mol. The van der Waals surface area contributed by atoms with Gasteiger partial charge in [0, 0.05) is 18.1 Å². The fourth-order valence-corrected chi connectivity index (χ4v) is 3.56. The standard InChI is InChI=1S/C25H20N8O2/c1-15-8-10-18(11-9-15)29-23(35)21-19-7-4-3-6-17(19)14-20(22(21)34)30-31-25-28-16(2)32-33(25)24-26-12-5-13-27-24/h3-14,34H,1-2H3,(H,29,35). The Hall–Kier alpha value is -4.99. The molecule has 0 aliphatic heterocycles. The second-order valence-electron chi connectivity index (χ2n) is 7.78. The third kappa shape index (κ3) is 4.44. The average molecular weight is 464 g/mol. The fraction of sp³-hybridized carbons (Fsp3) is 0.0800. The van der Waals surface area contributed by atoms with Gasteiger partial charge >= 0.3 is 0 Å². The number of aromatic nitrogens is 5. The number of anilines is 1. The van der Waals surface area contributed by atoms with E-state index in [1.165, 1.54) is 4.68 Å². The van der Waals surface area contributed by atoms with Crippen molar-refractivity contribution >= 4 is 34.0 Å². The van der Waals surface area contributed by atoms with E-state index in [1.807, 2.05) is 31.2 Å². The summed E-state index contributed by atoms with van der Waals surface area (Å²) in [5, 5.41) is 27.9. The Morgan fingerprint density at radius 3 is 2.49 bits per heavy atom. The molecule has 0 aliphatic rings. The van der Waals surface area contributed by atoms with Crippen LogP contribution in [-0.2, 0) is 0 Å². The van der Waals surface area contributed by atoms with Crippen LogP contribution >= 0.6 is 0 Å². The van der Waals surface area contributed by atoms with Crippen molar-refractivity contribution in [2.75, 3.05) is 5.32 Å². The number of fused-ring (bicyclic) bond motifs is 1. The lowest BCUT2D eigenvalue weighted by Crippen LogP contribution is -2.12. The van der Waals surface area contributed by atoms with Gasteiger partial charge in [-0.3, -0.25) is 4.79 Å². The van der Waals surface area contributed by atoms with Crippen LogP contribution in [0.15, 0.2) is 83.3 Å². The molecule has 0 saturated heterocycles. The van der Waals surface area contributed by atoms with Crippen LogP contribution in [0, 0.1) is 13.8 Å². The molecule has 0 radical (unpaired) electrons. The van der Waals surface area contributed by atoms with E-state index in [-0.39, 0.29) is 28.9 Å². The highest BCUT2D eigenvalue weighted by atomic mass is 16.3. The summed E-state index contributed by atoms with van der Waals surface area (Å²) in [6, 6.07) is 18.0. The first-order valence-corrected chi connectivity index (χ1v) is 10.7. The molecule has 0 spiro atoms. The number of hydrogen-bond acceptors (Lipinski definition) is 8. The molecule has 0 aliphatic carbocycles. The molecule has 0 atom stereocenters. The van der Waals surface area contributed by atoms with Crippen molar-refractivity contribution in [3.05, 3.63) is 90.0 Å². The maximum atomic E-state index is 13.2. The molecular formula is C25H20N8O2. The molecule has 2 N–H and O–H groups in total. The fourth-order valence-electron chi connectivity index (χ4n) is 3.56. The van der Waals surface area contributed by atoms with Crippen molar-refractivity contribution in [3.63, 3.8) is 0 Å². The van der Waals surface area contributed by atoms with E-state index in [9.17, 15) is 9.90 Å². The molecule has 0 unspecified atom stereocenters. The number of azo groups is 1. The summed E-state index contributed by atoms with van der Waals surface area (Å²) < 4.78 is 1.35. The maximum Gasteiger partial charge on any atom is 0.275 e. The number of rotatable bonds is 5. The lowest BCUT2D eigenvalue weighted by Gasteiger charge is -2.12. The van der Waals surface area contributed by atoms with Gasteiger partial charge in [0.2, 0.25) is 0 Å². The summed E-state index contributed by atoms with van der Waals surface area (Å²) in [6.07, 6.45) is 3.16. The van der Waals surface area contributed by atoms with Gasteiger partial charge in [-0.15, -0.1) is 15.3 Å². The number of aromatic hydroxyl groups is 1. The topological polar surface area (TPSA) is 131 Å². The van der Waals surface area contributed by atoms with Crippen molar-refractivity contribution in [2.24, 2.45) is 10.2 Å². The van der Waals surface area contributed by atoms with Gasteiger partial charge in [-0.2, -0.15) is 9.67 Å². The van der Waals surface area contributed by atoms with Crippen LogP contribution in [0.25, 0.3) is 16.7 Å². The van der Waals surface area contributed by atoms with Crippen LogP contribution in [-0.4, -0.2) is 35.7 Å². The zero-order chi connectivity index (χ0) is 24.4. The molecule has 5 aromatic rings. The lowest BCUT2D eigenvalue weighted by molar-refractivity contribution is 0.102. The second kappa shape index (κ2) is 9.10. The molecule has 172 valence electrons. The Kier molecular flexibility index (Phi) is 5.68. The Morgan fingerprint density at radius 1 is 0.971 bits per heavy atom. The molecule has 10 heteroatoms. The first-order chi connectivity index (χ1) is 17.0. The molecule has 1 amide bonds. The molecule has 0 saturated carbocycles. The van der Waals surface area contributed by atoms with E-state index >= 15 is 0 Å². The van der Waals surface area contributed by atoms with Gasteiger partial charge in [0.1, 0.15) is 5.69 Å². The molecule has 10 nitrogen and oxygen atoms in total. The molecule has 2 heterocycles. The number of hydrogen-bond donors (Lipinski definition) is 2. The van der Waals surface area contributed by atoms with Crippen LogP contribution < -0.4 is 5.32 Å². The minimum Gasteiger partial charge on any atom is -0.505 e. The van der Waals surface area contributed by atoms with Gasteiger partial charge in [0.25, 0.3) is 17.8 Å².